The number of piperazine rings is 1. The van der Waals surface area contributed by atoms with Crippen LogP contribution in [0.5, 0.6) is 17.2 Å². The van der Waals surface area contributed by atoms with Gasteiger partial charge in [0.2, 0.25) is 0 Å². The molecule has 0 aliphatic carbocycles. The van der Waals surface area contributed by atoms with Crippen LogP contribution in [0.25, 0.3) is 0 Å². The maximum atomic E-state index is 13.4. The third-order valence-electron chi connectivity index (χ3n) is 7.86. The van der Waals surface area contributed by atoms with Crippen LogP contribution in [0.3, 0.4) is 0 Å². The number of nitrogens with zero attached hydrogens (tertiary/aromatic N) is 3. The molecule has 12 nitrogen and oxygen atoms in total. The molecule has 12 heteroatoms. The molecule has 1 fully saturated rings. The highest BCUT2D eigenvalue weighted by molar-refractivity contribution is 6.48. The summed E-state index contributed by atoms with van der Waals surface area (Å²) in [5.41, 5.74) is 3.83. The average molecular weight is 617 g/mol. The van der Waals surface area contributed by atoms with Crippen molar-refractivity contribution in [3.8, 4) is 17.2 Å². The van der Waals surface area contributed by atoms with Crippen LogP contribution in [0, 0.1) is 24.7 Å². The second kappa shape index (κ2) is 13.7. The van der Waals surface area contributed by atoms with Gasteiger partial charge in [0, 0.05) is 55.7 Å². The first kappa shape index (κ1) is 32.8. The number of nitrogens with one attached hydrogen (secondary N) is 3. The monoisotopic (exact) mass is 616 g/mol. The number of carbonyl (C=O) groups excluding carboxylic acids is 2. The average Bonchev–Trinajstić information content (AvgIpc) is 3.01. The number of aryl methyl sites for hydroxylation is 2. The molecule has 1 aliphatic heterocycles. The van der Waals surface area contributed by atoms with E-state index in [2.05, 4.69) is 15.1 Å². The van der Waals surface area contributed by atoms with Gasteiger partial charge in [0.15, 0.2) is 11.6 Å². The Morgan fingerprint density at radius 3 is 2.09 bits per heavy atom. The summed E-state index contributed by atoms with van der Waals surface area (Å²) < 4.78 is 0. The summed E-state index contributed by atoms with van der Waals surface area (Å²) in [5, 5.41) is 50.2. The lowest BCUT2D eigenvalue weighted by atomic mass is 9.98. The standard InChI is InChI=1S/C33H40N6O6/c1-6-36-32(42)31(35)39(30(34)26-17-25(19(2)3)27(40)18-28(26)41)23-9-7-22(8-10-23)33(43)38-13-11-37(12-14-38)24-15-20(4)29(45-44)21(5)16-24/h7-10,15-19,34-35,40-41,44H,6,11-14H2,1-5H3,(H,36,42). The van der Waals surface area contributed by atoms with Crippen LogP contribution < -0.4 is 20.0 Å². The van der Waals surface area contributed by atoms with Crippen molar-refractivity contribution < 1.29 is 29.9 Å². The molecule has 0 saturated carbocycles. The van der Waals surface area contributed by atoms with E-state index in [0.717, 1.165) is 27.8 Å². The van der Waals surface area contributed by atoms with Gasteiger partial charge in [0.1, 0.15) is 17.3 Å². The molecular weight excluding hydrogens is 576 g/mol. The molecule has 1 heterocycles. The van der Waals surface area contributed by atoms with E-state index >= 15 is 0 Å². The van der Waals surface area contributed by atoms with E-state index in [1.54, 1.807) is 36.1 Å². The summed E-state index contributed by atoms with van der Waals surface area (Å²) in [6, 6.07) is 12.8. The van der Waals surface area contributed by atoms with Gasteiger partial charge in [-0.25, -0.2) is 5.26 Å². The number of likely N-dealkylation sites (N-methyl/N-ethyl adjacent to an activating group) is 1. The van der Waals surface area contributed by atoms with Crippen molar-refractivity contribution in [2.75, 3.05) is 42.5 Å². The van der Waals surface area contributed by atoms with Gasteiger partial charge < -0.3 is 30.2 Å². The minimum atomic E-state index is -0.716. The fraction of sp³-hybridized carbons (Fsp3) is 0.333. The van der Waals surface area contributed by atoms with Gasteiger partial charge in [-0.1, -0.05) is 13.8 Å². The lowest BCUT2D eigenvalue weighted by molar-refractivity contribution is -0.138. The van der Waals surface area contributed by atoms with Gasteiger partial charge in [-0.05, 0) is 85.8 Å². The summed E-state index contributed by atoms with van der Waals surface area (Å²) in [7, 11) is 0. The zero-order valence-corrected chi connectivity index (χ0v) is 26.1. The van der Waals surface area contributed by atoms with E-state index in [1.165, 1.54) is 6.07 Å². The number of rotatable bonds is 7. The minimum absolute atomic E-state index is 0.0347. The van der Waals surface area contributed by atoms with Crippen LogP contribution in [0.1, 0.15) is 59.3 Å². The Bertz CT molecular complexity index is 1590. The number of anilines is 2. The number of aromatic hydroxyl groups is 2. The summed E-state index contributed by atoms with van der Waals surface area (Å²) in [5.74, 6) is -1.94. The molecule has 45 heavy (non-hydrogen) atoms. The fourth-order valence-electron chi connectivity index (χ4n) is 5.44. The molecule has 238 valence electrons. The van der Waals surface area contributed by atoms with Crippen molar-refractivity contribution in [1.29, 1.82) is 10.8 Å². The Hall–Kier alpha value is -5.10. The summed E-state index contributed by atoms with van der Waals surface area (Å²) in [6.45, 7) is 11.6. The first-order valence-electron chi connectivity index (χ1n) is 14.8. The second-order valence-electron chi connectivity index (χ2n) is 11.3. The predicted molar refractivity (Wildman–Crippen MR) is 173 cm³/mol. The van der Waals surface area contributed by atoms with Gasteiger partial charge >= 0.3 is 0 Å². The van der Waals surface area contributed by atoms with E-state index in [9.17, 15) is 19.8 Å². The maximum absolute atomic E-state index is 13.4. The minimum Gasteiger partial charge on any atom is -0.508 e. The maximum Gasteiger partial charge on any atom is 0.287 e. The predicted octanol–water partition coefficient (Wildman–Crippen LogP) is 4.60. The van der Waals surface area contributed by atoms with E-state index < -0.39 is 11.7 Å². The molecule has 0 spiro atoms. The van der Waals surface area contributed by atoms with Crippen LogP contribution in [-0.4, -0.2) is 76.6 Å². The topological polar surface area (TPSA) is 174 Å². The number of amidine groups is 2. The zero-order chi connectivity index (χ0) is 33.0. The van der Waals surface area contributed by atoms with Gasteiger partial charge in [-0.3, -0.25) is 25.3 Å². The molecular formula is C33H40N6O6. The molecule has 2 amide bonds. The molecule has 0 aromatic heterocycles. The molecule has 4 rings (SSSR count). The number of carbonyl (C=O) groups is 2. The number of phenols is 2. The molecule has 0 bridgehead atoms. The van der Waals surface area contributed by atoms with Crippen molar-refractivity contribution in [3.05, 3.63) is 76.3 Å². The van der Waals surface area contributed by atoms with E-state index in [-0.39, 0.29) is 47.0 Å². The SMILES string of the molecule is CCNC(=O)C(=N)N(C(=N)c1cc(C(C)C)c(O)cc1O)c1ccc(C(=O)N2CCN(c3cc(C)c(OO)c(C)c3)CC2)cc1. The van der Waals surface area contributed by atoms with Crippen molar-refractivity contribution in [2.24, 2.45) is 0 Å². The third-order valence-corrected chi connectivity index (χ3v) is 7.86. The van der Waals surface area contributed by atoms with Gasteiger partial charge in [0.05, 0.1) is 5.56 Å². The summed E-state index contributed by atoms with van der Waals surface area (Å²) in [4.78, 5) is 35.7. The zero-order valence-electron chi connectivity index (χ0n) is 26.1. The molecule has 3 aromatic carbocycles. The van der Waals surface area contributed by atoms with Crippen molar-refractivity contribution in [2.45, 2.75) is 40.5 Å². The Labute approximate surface area is 262 Å². The van der Waals surface area contributed by atoms with Crippen LogP contribution in [0.4, 0.5) is 11.4 Å². The van der Waals surface area contributed by atoms with E-state index in [0.29, 0.717) is 43.1 Å². The normalized spacial score (nSPS) is 13.0. The number of amides is 2. The number of hydrogen-bond donors (Lipinski definition) is 6. The molecule has 0 unspecified atom stereocenters. The smallest absolute Gasteiger partial charge is 0.287 e. The van der Waals surface area contributed by atoms with Crippen molar-refractivity contribution >= 4 is 34.9 Å². The highest BCUT2D eigenvalue weighted by atomic mass is 17.1. The van der Waals surface area contributed by atoms with Crippen molar-refractivity contribution in [3.63, 3.8) is 0 Å². The first-order valence-corrected chi connectivity index (χ1v) is 14.8. The second-order valence-corrected chi connectivity index (χ2v) is 11.3. The first-order chi connectivity index (χ1) is 21.4. The summed E-state index contributed by atoms with van der Waals surface area (Å²) in [6.07, 6.45) is 0. The number of benzene rings is 3. The lowest BCUT2D eigenvalue weighted by Gasteiger charge is -2.36. The number of hydrogen-bond acceptors (Lipinski definition) is 9. The molecule has 0 atom stereocenters. The quantitative estimate of drug-likeness (QED) is 0.0967. The van der Waals surface area contributed by atoms with E-state index in [1.807, 2.05) is 39.8 Å². The Kier molecular flexibility index (Phi) is 9.98. The number of phenolic OH excluding ortho intramolecular Hbond substituents is 2. The van der Waals surface area contributed by atoms with Gasteiger partial charge in [-0.2, -0.15) is 0 Å². The Balaban J connectivity index is 1.55. The Morgan fingerprint density at radius 2 is 1.56 bits per heavy atom. The fourth-order valence-corrected chi connectivity index (χ4v) is 5.44. The molecule has 0 radical (unpaired) electrons. The Morgan fingerprint density at radius 1 is 0.956 bits per heavy atom. The molecule has 1 aliphatic rings. The van der Waals surface area contributed by atoms with Crippen LogP contribution in [-0.2, 0) is 4.79 Å². The highest BCUT2D eigenvalue weighted by Crippen LogP contribution is 2.34. The molecule has 1 saturated heterocycles. The van der Waals surface area contributed by atoms with E-state index in [4.69, 9.17) is 16.1 Å². The summed E-state index contributed by atoms with van der Waals surface area (Å²) >= 11 is 0. The van der Waals surface area contributed by atoms with Crippen LogP contribution in [0.2, 0.25) is 0 Å². The third kappa shape index (κ3) is 6.86. The molecule has 6 N–H and O–H groups in total. The highest BCUT2D eigenvalue weighted by Gasteiger charge is 2.28. The van der Waals surface area contributed by atoms with Gasteiger partial charge in [-0.15, -0.1) is 0 Å². The lowest BCUT2D eigenvalue weighted by Crippen LogP contribution is -2.48. The largest absolute Gasteiger partial charge is 0.508 e. The van der Waals surface area contributed by atoms with Crippen molar-refractivity contribution in [1.82, 2.24) is 10.2 Å². The van der Waals surface area contributed by atoms with Gasteiger partial charge in [0.25, 0.3) is 11.8 Å². The van der Waals surface area contributed by atoms with Crippen LogP contribution >= 0.6 is 0 Å². The van der Waals surface area contributed by atoms with Crippen LogP contribution in [0.15, 0.2) is 48.5 Å². The molecule has 3 aromatic rings.